The maximum Gasteiger partial charge on any atom is 0.303 e. The summed E-state index contributed by atoms with van der Waals surface area (Å²) in [4.78, 5) is 11.2. The molecule has 4 aliphatic rings. The number of rotatable bonds is 2. The quantitative estimate of drug-likeness (QED) is 0.721. The number of aliphatic carboxylic acids is 1. The molecular weight excluding hydrogens is 304 g/mol. The zero-order chi connectivity index (χ0) is 17.1. The summed E-state index contributed by atoms with van der Waals surface area (Å²) in [6, 6.07) is 0. The maximum atomic E-state index is 11.2. The standard InChI is InChI=1S/C20H28O4/c1-20-7-6-15-14-5-3-13(21)8-11(14)2-4-16(15)17(20)9-12(19(20)24)10-18(22)23/h3,8,12,14-17,19,21,24H,2,4-7,9-10H2,1H3,(H,22,23)/t12?,14?,15?,16?,17?,19-,20-/m0/s1. The van der Waals surface area contributed by atoms with Crippen molar-refractivity contribution in [3.63, 3.8) is 0 Å². The lowest BCUT2D eigenvalue weighted by Gasteiger charge is -2.53. The largest absolute Gasteiger partial charge is 0.508 e. The third kappa shape index (κ3) is 2.33. The number of fused-ring (bicyclic) bond motifs is 5. The van der Waals surface area contributed by atoms with Crippen LogP contribution in [-0.2, 0) is 4.79 Å². The first-order chi connectivity index (χ1) is 11.4. The van der Waals surface area contributed by atoms with Gasteiger partial charge in [0.05, 0.1) is 12.5 Å². The van der Waals surface area contributed by atoms with Crippen LogP contribution < -0.4 is 0 Å². The predicted molar refractivity (Wildman–Crippen MR) is 90.3 cm³/mol. The molecule has 0 heterocycles. The van der Waals surface area contributed by atoms with E-state index in [1.807, 2.05) is 12.2 Å². The minimum atomic E-state index is -0.792. The lowest BCUT2D eigenvalue weighted by molar-refractivity contribution is -0.139. The van der Waals surface area contributed by atoms with E-state index >= 15 is 0 Å². The van der Waals surface area contributed by atoms with E-state index < -0.39 is 12.1 Å². The van der Waals surface area contributed by atoms with Crippen LogP contribution in [0.25, 0.3) is 0 Å². The molecule has 4 aliphatic carbocycles. The van der Waals surface area contributed by atoms with Crippen LogP contribution in [0.4, 0.5) is 0 Å². The number of aliphatic hydroxyl groups excluding tert-OH is 2. The summed E-state index contributed by atoms with van der Waals surface area (Å²) in [6.07, 6.45) is 9.59. The predicted octanol–water partition coefficient (Wildman–Crippen LogP) is 3.67. The molecule has 3 N–H and O–H groups in total. The Morgan fingerprint density at radius 1 is 1.33 bits per heavy atom. The van der Waals surface area contributed by atoms with Gasteiger partial charge >= 0.3 is 5.97 Å². The molecule has 0 spiro atoms. The van der Waals surface area contributed by atoms with Crippen LogP contribution in [-0.4, -0.2) is 27.4 Å². The fourth-order valence-electron chi connectivity index (χ4n) is 6.60. The highest BCUT2D eigenvalue weighted by molar-refractivity contribution is 5.67. The van der Waals surface area contributed by atoms with Crippen molar-refractivity contribution in [1.29, 1.82) is 0 Å². The van der Waals surface area contributed by atoms with Crippen LogP contribution >= 0.6 is 0 Å². The van der Waals surface area contributed by atoms with E-state index in [0.717, 1.165) is 38.5 Å². The van der Waals surface area contributed by atoms with Gasteiger partial charge in [-0.1, -0.05) is 12.5 Å². The number of allylic oxidation sites excluding steroid dienone is 3. The van der Waals surface area contributed by atoms with Crippen LogP contribution in [0.2, 0.25) is 0 Å². The fraction of sp³-hybridized carbons (Fsp3) is 0.750. The van der Waals surface area contributed by atoms with Gasteiger partial charge < -0.3 is 15.3 Å². The first kappa shape index (κ1) is 16.2. The van der Waals surface area contributed by atoms with Crippen molar-refractivity contribution in [3.05, 3.63) is 23.5 Å². The third-order valence-corrected chi connectivity index (χ3v) is 7.72. The summed E-state index contributed by atoms with van der Waals surface area (Å²) >= 11 is 0. The van der Waals surface area contributed by atoms with E-state index in [1.54, 1.807) is 0 Å². The average molecular weight is 332 g/mol. The van der Waals surface area contributed by atoms with Gasteiger partial charge in [0, 0.05) is 0 Å². The summed E-state index contributed by atoms with van der Waals surface area (Å²) in [5.41, 5.74) is 1.29. The maximum absolute atomic E-state index is 11.2. The van der Waals surface area contributed by atoms with E-state index in [1.165, 1.54) is 5.57 Å². The fourth-order valence-corrected chi connectivity index (χ4v) is 6.60. The summed E-state index contributed by atoms with van der Waals surface area (Å²) in [5, 5.41) is 29.8. The summed E-state index contributed by atoms with van der Waals surface area (Å²) < 4.78 is 0. The lowest BCUT2D eigenvalue weighted by atomic mass is 9.52. The number of hydrogen-bond donors (Lipinski definition) is 3. The average Bonchev–Trinajstić information content (AvgIpc) is 2.78. The van der Waals surface area contributed by atoms with Crippen molar-refractivity contribution < 1.29 is 20.1 Å². The Labute approximate surface area is 143 Å². The molecule has 132 valence electrons. The second kappa shape index (κ2) is 5.62. The van der Waals surface area contributed by atoms with Crippen molar-refractivity contribution in [1.82, 2.24) is 0 Å². The van der Waals surface area contributed by atoms with Gasteiger partial charge in [-0.25, -0.2) is 0 Å². The van der Waals surface area contributed by atoms with E-state index in [9.17, 15) is 20.1 Å². The lowest BCUT2D eigenvalue weighted by Crippen LogP contribution is -2.47. The number of hydrogen-bond acceptors (Lipinski definition) is 3. The Morgan fingerprint density at radius 3 is 2.88 bits per heavy atom. The topological polar surface area (TPSA) is 77.8 Å². The Kier molecular flexibility index (Phi) is 3.79. The van der Waals surface area contributed by atoms with Gasteiger partial charge in [0.2, 0.25) is 0 Å². The van der Waals surface area contributed by atoms with Gasteiger partial charge in [-0.05, 0) is 85.7 Å². The van der Waals surface area contributed by atoms with Crippen LogP contribution in [0.1, 0.15) is 51.9 Å². The SMILES string of the molecule is C[C@]12CCC3C4CC=C(O)C=C4CCC3C1CC(CC(=O)O)[C@@H]2O. The van der Waals surface area contributed by atoms with Crippen molar-refractivity contribution >= 4 is 5.97 Å². The minimum absolute atomic E-state index is 0.0931. The number of carboxylic acid groups (broad SMARTS) is 1. The van der Waals surface area contributed by atoms with E-state index in [4.69, 9.17) is 0 Å². The highest BCUT2D eigenvalue weighted by atomic mass is 16.4. The third-order valence-electron chi connectivity index (χ3n) is 7.72. The van der Waals surface area contributed by atoms with Crippen LogP contribution in [0.15, 0.2) is 23.5 Å². The molecule has 0 radical (unpaired) electrons. The molecule has 0 aromatic carbocycles. The Morgan fingerprint density at radius 2 is 2.12 bits per heavy atom. The molecule has 3 saturated carbocycles. The monoisotopic (exact) mass is 332 g/mol. The molecule has 7 atom stereocenters. The highest BCUT2D eigenvalue weighted by Crippen LogP contribution is 2.63. The molecule has 4 rings (SSSR count). The van der Waals surface area contributed by atoms with Crippen LogP contribution in [0, 0.1) is 35.0 Å². The van der Waals surface area contributed by atoms with Crippen molar-refractivity contribution in [2.45, 2.75) is 58.0 Å². The molecule has 0 saturated heterocycles. The Bertz CT molecular complexity index is 607. The molecule has 0 bridgehead atoms. The normalized spacial score (nSPS) is 47.1. The first-order valence-corrected chi connectivity index (χ1v) is 9.39. The number of carbonyl (C=O) groups is 1. The number of aliphatic hydroxyl groups is 2. The van der Waals surface area contributed by atoms with Gasteiger partial charge in [-0.15, -0.1) is 0 Å². The van der Waals surface area contributed by atoms with Crippen LogP contribution in [0.5, 0.6) is 0 Å². The van der Waals surface area contributed by atoms with Crippen LogP contribution in [0.3, 0.4) is 0 Å². The molecular formula is C20H28O4. The van der Waals surface area contributed by atoms with Crippen molar-refractivity contribution in [3.8, 4) is 0 Å². The minimum Gasteiger partial charge on any atom is -0.508 e. The zero-order valence-electron chi connectivity index (χ0n) is 14.3. The Balaban J connectivity index is 1.58. The zero-order valence-corrected chi connectivity index (χ0v) is 14.3. The van der Waals surface area contributed by atoms with E-state index in [-0.39, 0.29) is 17.8 Å². The van der Waals surface area contributed by atoms with Gasteiger partial charge in [-0.2, -0.15) is 0 Å². The molecule has 24 heavy (non-hydrogen) atoms. The molecule has 0 amide bonds. The smallest absolute Gasteiger partial charge is 0.303 e. The van der Waals surface area contributed by atoms with E-state index in [0.29, 0.717) is 29.4 Å². The molecule has 5 unspecified atom stereocenters. The second-order valence-corrected chi connectivity index (χ2v) is 8.75. The summed E-state index contributed by atoms with van der Waals surface area (Å²) in [7, 11) is 0. The first-order valence-electron chi connectivity index (χ1n) is 9.39. The van der Waals surface area contributed by atoms with Gasteiger partial charge in [0.1, 0.15) is 5.76 Å². The Hall–Kier alpha value is -1.29. The van der Waals surface area contributed by atoms with Crippen molar-refractivity contribution in [2.24, 2.45) is 35.0 Å². The number of carboxylic acids is 1. The van der Waals surface area contributed by atoms with Crippen molar-refractivity contribution in [2.75, 3.05) is 0 Å². The molecule has 4 nitrogen and oxygen atoms in total. The van der Waals surface area contributed by atoms with Gasteiger partial charge in [-0.3, -0.25) is 4.79 Å². The molecule has 3 fully saturated rings. The molecule has 4 heteroatoms. The highest BCUT2D eigenvalue weighted by Gasteiger charge is 2.58. The summed E-state index contributed by atoms with van der Waals surface area (Å²) in [5.74, 6) is 1.73. The summed E-state index contributed by atoms with van der Waals surface area (Å²) in [6.45, 7) is 2.19. The molecule has 0 aliphatic heterocycles. The second-order valence-electron chi connectivity index (χ2n) is 8.75. The van der Waals surface area contributed by atoms with Gasteiger partial charge in [0.15, 0.2) is 0 Å². The molecule has 0 aromatic rings. The molecule has 0 aromatic heterocycles. The van der Waals surface area contributed by atoms with E-state index in [2.05, 4.69) is 6.92 Å². The van der Waals surface area contributed by atoms with Gasteiger partial charge in [0.25, 0.3) is 0 Å².